The van der Waals surface area contributed by atoms with Crippen LogP contribution in [0.2, 0.25) is 0 Å². The first-order chi connectivity index (χ1) is 10.2. The Kier molecular flexibility index (Phi) is 6.49. The molecule has 1 fully saturated rings. The predicted octanol–water partition coefficient (Wildman–Crippen LogP) is 2.46. The summed E-state index contributed by atoms with van der Waals surface area (Å²) in [7, 11) is 2.02. The van der Waals surface area contributed by atoms with Crippen LogP contribution in [0.25, 0.3) is 0 Å². The van der Waals surface area contributed by atoms with Crippen molar-refractivity contribution < 1.29 is 9.47 Å². The highest BCUT2D eigenvalue weighted by atomic mass is 16.5. The molecule has 2 unspecified atom stereocenters. The molecular weight excluding hydrogens is 264 g/mol. The van der Waals surface area contributed by atoms with E-state index in [4.69, 9.17) is 9.47 Å². The first-order valence-electron chi connectivity index (χ1n) is 7.97. The molecule has 1 aliphatic heterocycles. The van der Waals surface area contributed by atoms with E-state index in [0.29, 0.717) is 12.1 Å². The summed E-state index contributed by atoms with van der Waals surface area (Å²) < 4.78 is 11.2. The summed E-state index contributed by atoms with van der Waals surface area (Å²) >= 11 is 0. The lowest BCUT2D eigenvalue weighted by Gasteiger charge is -2.33. The molecule has 0 aliphatic carbocycles. The van der Waals surface area contributed by atoms with E-state index >= 15 is 0 Å². The number of benzene rings is 1. The molecule has 0 saturated carbocycles. The molecule has 0 amide bonds. The molecule has 0 spiro atoms. The second-order valence-corrected chi connectivity index (χ2v) is 5.70. The SMILES string of the molecule is CCCOc1ccc(C(CN2CCOC(C)C2)NC)cc1. The van der Waals surface area contributed by atoms with Crippen molar-refractivity contribution in [2.45, 2.75) is 32.4 Å². The zero-order chi connectivity index (χ0) is 15.1. The monoisotopic (exact) mass is 292 g/mol. The van der Waals surface area contributed by atoms with E-state index in [1.165, 1.54) is 5.56 Å². The average molecular weight is 292 g/mol. The molecule has 1 N–H and O–H groups in total. The Morgan fingerprint density at radius 2 is 2.14 bits per heavy atom. The lowest BCUT2D eigenvalue weighted by atomic mass is 10.1. The molecule has 1 aromatic carbocycles. The molecule has 0 bridgehead atoms. The molecule has 1 aliphatic rings. The van der Waals surface area contributed by atoms with Crippen molar-refractivity contribution >= 4 is 0 Å². The lowest BCUT2D eigenvalue weighted by molar-refractivity contribution is -0.0208. The topological polar surface area (TPSA) is 33.7 Å². The Morgan fingerprint density at radius 1 is 1.38 bits per heavy atom. The van der Waals surface area contributed by atoms with E-state index < -0.39 is 0 Å². The first kappa shape index (κ1) is 16.3. The van der Waals surface area contributed by atoms with Crippen LogP contribution in [0, 0.1) is 0 Å². The number of nitrogens with zero attached hydrogens (tertiary/aromatic N) is 1. The van der Waals surface area contributed by atoms with Crippen LogP contribution in [0.3, 0.4) is 0 Å². The molecule has 118 valence electrons. The van der Waals surface area contributed by atoms with Gasteiger partial charge in [-0.2, -0.15) is 0 Å². The molecule has 0 aromatic heterocycles. The Morgan fingerprint density at radius 3 is 2.76 bits per heavy atom. The van der Waals surface area contributed by atoms with Gasteiger partial charge < -0.3 is 14.8 Å². The minimum Gasteiger partial charge on any atom is -0.494 e. The zero-order valence-corrected chi connectivity index (χ0v) is 13.5. The second kappa shape index (κ2) is 8.37. The molecule has 2 atom stereocenters. The summed E-state index contributed by atoms with van der Waals surface area (Å²) in [6.07, 6.45) is 1.37. The fourth-order valence-corrected chi connectivity index (χ4v) is 2.69. The number of rotatable bonds is 7. The second-order valence-electron chi connectivity index (χ2n) is 5.70. The van der Waals surface area contributed by atoms with E-state index in [9.17, 15) is 0 Å². The molecule has 1 heterocycles. The van der Waals surface area contributed by atoms with Crippen molar-refractivity contribution in [2.24, 2.45) is 0 Å². The van der Waals surface area contributed by atoms with Gasteiger partial charge in [-0.05, 0) is 38.1 Å². The Balaban J connectivity index is 1.93. The van der Waals surface area contributed by atoms with Crippen molar-refractivity contribution in [2.75, 3.05) is 39.9 Å². The normalized spacial score (nSPS) is 21.2. The first-order valence-corrected chi connectivity index (χ1v) is 7.97. The van der Waals surface area contributed by atoms with E-state index in [1.54, 1.807) is 0 Å². The van der Waals surface area contributed by atoms with Gasteiger partial charge in [0, 0.05) is 25.7 Å². The number of hydrogen-bond acceptors (Lipinski definition) is 4. The van der Waals surface area contributed by atoms with Crippen molar-refractivity contribution in [1.29, 1.82) is 0 Å². The van der Waals surface area contributed by atoms with Crippen LogP contribution in [-0.2, 0) is 4.74 Å². The fraction of sp³-hybridized carbons (Fsp3) is 0.647. The minimum absolute atomic E-state index is 0.334. The summed E-state index contributed by atoms with van der Waals surface area (Å²) in [4.78, 5) is 2.47. The summed E-state index contributed by atoms with van der Waals surface area (Å²) in [5.41, 5.74) is 1.31. The van der Waals surface area contributed by atoms with Crippen LogP contribution >= 0.6 is 0 Å². The third-order valence-electron chi connectivity index (χ3n) is 3.87. The average Bonchev–Trinajstić information content (AvgIpc) is 2.51. The number of hydrogen-bond donors (Lipinski definition) is 1. The number of likely N-dealkylation sites (N-methyl/N-ethyl adjacent to an activating group) is 1. The van der Waals surface area contributed by atoms with Crippen LogP contribution in [0.15, 0.2) is 24.3 Å². The van der Waals surface area contributed by atoms with E-state index in [1.807, 2.05) is 7.05 Å². The van der Waals surface area contributed by atoms with Crippen molar-refractivity contribution in [3.8, 4) is 5.75 Å². The van der Waals surface area contributed by atoms with Gasteiger partial charge >= 0.3 is 0 Å². The van der Waals surface area contributed by atoms with Gasteiger partial charge in [0.2, 0.25) is 0 Å². The summed E-state index contributed by atoms with van der Waals surface area (Å²) in [5, 5.41) is 3.42. The van der Waals surface area contributed by atoms with Crippen LogP contribution in [-0.4, -0.2) is 50.9 Å². The van der Waals surface area contributed by atoms with Crippen LogP contribution in [0.4, 0.5) is 0 Å². The summed E-state index contributed by atoms with van der Waals surface area (Å²) in [6, 6.07) is 8.80. The van der Waals surface area contributed by atoms with Gasteiger partial charge in [-0.25, -0.2) is 0 Å². The maximum absolute atomic E-state index is 5.64. The highest BCUT2D eigenvalue weighted by molar-refractivity contribution is 5.29. The van der Waals surface area contributed by atoms with Crippen molar-refractivity contribution in [1.82, 2.24) is 10.2 Å². The summed E-state index contributed by atoms with van der Waals surface area (Å²) in [5.74, 6) is 0.954. The van der Waals surface area contributed by atoms with Crippen LogP contribution < -0.4 is 10.1 Å². The Hall–Kier alpha value is -1.10. The van der Waals surface area contributed by atoms with Gasteiger partial charge in [0.1, 0.15) is 5.75 Å². The van der Waals surface area contributed by atoms with Gasteiger partial charge in [-0.1, -0.05) is 19.1 Å². The predicted molar refractivity (Wildman–Crippen MR) is 85.9 cm³/mol. The van der Waals surface area contributed by atoms with Gasteiger partial charge in [0.15, 0.2) is 0 Å². The van der Waals surface area contributed by atoms with E-state index in [2.05, 4.69) is 48.3 Å². The largest absolute Gasteiger partial charge is 0.494 e. The van der Waals surface area contributed by atoms with E-state index in [-0.39, 0.29) is 0 Å². The van der Waals surface area contributed by atoms with Crippen molar-refractivity contribution in [3.63, 3.8) is 0 Å². The molecule has 1 aromatic rings. The van der Waals surface area contributed by atoms with Gasteiger partial charge in [0.25, 0.3) is 0 Å². The standard InChI is InChI=1S/C17H28N2O2/c1-4-10-21-16-7-5-15(6-8-16)17(18-3)13-19-9-11-20-14(2)12-19/h5-8,14,17-18H,4,9-13H2,1-3H3. The maximum Gasteiger partial charge on any atom is 0.119 e. The lowest BCUT2D eigenvalue weighted by Crippen LogP contribution is -2.44. The maximum atomic E-state index is 5.64. The zero-order valence-electron chi connectivity index (χ0n) is 13.5. The third kappa shape index (κ3) is 4.99. The smallest absolute Gasteiger partial charge is 0.119 e. The Bertz CT molecular complexity index is 408. The van der Waals surface area contributed by atoms with Crippen molar-refractivity contribution in [3.05, 3.63) is 29.8 Å². The third-order valence-corrected chi connectivity index (χ3v) is 3.87. The fourth-order valence-electron chi connectivity index (χ4n) is 2.69. The highest BCUT2D eigenvalue weighted by Crippen LogP contribution is 2.19. The number of ether oxygens (including phenoxy) is 2. The summed E-state index contributed by atoms with van der Waals surface area (Å²) in [6.45, 7) is 8.91. The Labute approximate surface area is 128 Å². The van der Waals surface area contributed by atoms with Gasteiger partial charge in [-0.3, -0.25) is 4.90 Å². The molecule has 21 heavy (non-hydrogen) atoms. The van der Waals surface area contributed by atoms with E-state index in [0.717, 1.165) is 45.0 Å². The molecular formula is C17H28N2O2. The molecule has 2 rings (SSSR count). The number of nitrogens with one attached hydrogen (secondary N) is 1. The molecule has 4 heteroatoms. The number of morpholine rings is 1. The van der Waals surface area contributed by atoms with Crippen LogP contribution in [0.1, 0.15) is 31.9 Å². The quantitative estimate of drug-likeness (QED) is 0.837. The van der Waals surface area contributed by atoms with Gasteiger partial charge in [-0.15, -0.1) is 0 Å². The van der Waals surface area contributed by atoms with Crippen LogP contribution in [0.5, 0.6) is 5.75 Å². The molecule has 1 saturated heterocycles. The minimum atomic E-state index is 0.334. The molecule has 0 radical (unpaired) electrons. The highest BCUT2D eigenvalue weighted by Gasteiger charge is 2.20. The molecule has 4 nitrogen and oxygen atoms in total. The van der Waals surface area contributed by atoms with Gasteiger partial charge in [0.05, 0.1) is 19.3 Å².